The van der Waals surface area contributed by atoms with Gasteiger partial charge in [-0.15, -0.1) is 0 Å². The van der Waals surface area contributed by atoms with E-state index in [4.69, 9.17) is 22.1 Å². The number of benzene rings is 1. The molecule has 130 valence electrons. The number of ether oxygens (including phenoxy) is 1. The Kier molecular flexibility index (Phi) is 6.70. The minimum atomic E-state index is -3.82. The number of halogens is 2. The molecule has 1 aromatic carbocycles. The molecule has 1 amide bonds. The van der Waals surface area contributed by atoms with Gasteiger partial charge in [-0.25, -0.2) is 17.9 Å². The van der Waals surface area contributed by atoms with Gasteiger partial charge in [-0.3, -0.25) is 0 Å². The van der Waals surface area contributed by atoms with Crippen molar-refractivity contribution in [2.45, 2.75) is 31.3 Å². The van der Waals surface area contributed by atoms with Gasteiger partial charge in [0.15, 0.2) is 0 Å². The lowest BCUT2D eigenvalue weighted by molar-refractivity contribution is 0.0529. The molecule has 0 aromatic heterocycles. The molecule has 0 fully saturated rings. The van der Waals surface area contributed by atoms with Crippen LogP contribution in [0.3, 0.4) is 0 Å². The highest BCUT2D eigenvalue weighted by Crippen LogP contribution is 2.31. The van der Waals surface area contributed by atoms with E-state index in [1.807, 2.05) is 0 Å². The number of carbonyl (C=O) groups excluding carboxylic acids is 1. The largest absolute Gasteiger partial charge is 0.444 e. The Labute approximate surface area is 149 Å². The summed E-state index contributed by atoms with van der Waals surface area (Å²) >= 11 is 8.95. The van der Waals surface area contributed by atoms with Gasteiger partial charge in [-0.2, -0.15) is 0 Å². The van der Waals surface area contributed by atoms with Crippen molar-refractivity contribution in [2.24, 2.45) is 0 Å². The molecule has 0 saturated carbocycles. The van der Waals surface area contributed by atoms with Crippen LogP contribution in [-0.2, 0) is 14.8 Å². The molecule has 0 heterocycles. The Morgan fingerprint density at radius 2 is 1.96 bits per heavy atom. The highest BCUT2D eigenvalue weighted by molar-refractivity contribution is 9.10. The quantitative estimate of drug-likeness (QED) is 0.493. The monoisotopic (exact) mass is 427 g/mol. The number of hydrogen-bond acceptors (Lipinski definition) is 5. The van der Waals surface area contributed by atoms with E-state index in [1.165, 1.54) is 12.1 Å². The lowest BCUT2D eigenvalue weighted by atomic mass is 10.2. The zero-order valence-corrected chi connectivity index (χ0v) is 16.1. The van der Waals surface area contributed by atoms with Gasteiger partial charge in [0.1, 0.15) is 5.60 Å². The van der Waals surface area contributed by atoms with E-state index < -0.39 is 21.7 Å². The summed E-state index contributed by atoms with van der Waals surface area (Å²) in [7, 11) is -3.82. The summed E-state index contributed by atoms with van der Waals surface area (Å²) in [5, 5.41) is 2.66. The first-order valence-corrected chi connectivity index (χ1v) is 9.29. The summed E-state index contributed by atoms with van der Waals surface area (Å²) in [6, 6.07) is 2.72. The van der Waals surface area contributed by atoms with Crippen LogP contribution >= 0.6 is 27.5 Å². The second-order valence-corrected chi connectivity index (χ2v) is 8.60. The molecule has 0 radical (unpaired) electrons. The molecule has 10 heteroatoms. The molecule has 23 heavy (non-hydrogen) atoms. The van der Waals surface area contributed by atoms with Crippen molar-refractivity contribution in [3.05, 3.63) is 21.6 Å². The van der Waals surface area contributed by atoms with Crippen LogP contribution < -0.4 is 15.8 Å². The number of nitrogen functional groups attached to an aromatic ring is 1. The summed E-state index contributed by atoms with van der Waals surface area (Å²) in [4.78, 5) is 11.4. The van der Waals surface area contributed by atoms with Gasteiger partial charge in [0.2, 0.25) is 10.0 Å². The van der Waals surface area contributed by atoms with Crippen LogP contribution in [0.2, 0.25) is 5.02 Å². The van der Waals surface area contributed by atoms with E-state index in [2.05, 4.69) is 26.0 Å². The van der Waals surface area contributed by atoms with Crippen LogP contribution in [0.1, 0.15) is 20.8 Å². The molecule has 0 bridgehead atoms. The van der Waals surface area contributed by atoms with Crippen molar-refractivity contribution < 1.29 is 17.9 Å². The number of hydrogen-bond donors (Lipinski definition) is 3. The van der Waals surface area contributed by atoms with Crippen LogP contribution in [0.25, 0.3) is 0 Å². The zero-order valence-electron chi connectivity index (χ0n) is 12.9. The van der Waals surface area contributed by atoms with Crippen molar-refractivity contribution >= 4 is 49.3 Å². The zero-order chi connectivity index (χ0) is 17.8. The highest BCUT2D eigenvalue weighted by Gasteiger charge is 2.20. The molecule has 1 aromatic rings. The number of nitrogens with two attached hydrogens (primary N) is 1. The smallest absolute Gasteiger partial charge is 0.407 e. The second-order valence-electron chi connectivity index (χ2n) is 5.63. The Balaban J connectivity index is 2.63. The average molecular weight is 429 g/mol. The first-order chi connectivity index (χ1) is 10.4. The van der Waals surface area contributed by atoms with Gasteiger partial charge in [0, 0.05) is 23.8 Å². The minimum Gasteiger partial charge on any atom is -0.444 e. The Morgan fingerprint density at radius 3 is 2.52 bits per heavy atom. The standard InChI is InChI=1S/C13H19BrClN3O4S/c1-13(2,3)22-12(19)17-4-5-18-23(20,21)10-7-8(15)6-9(16)11(10)14/h6-7,18H,4-5,16H2,1-3H3,(H,17,19). The average Bonchev–Trinajstić information content (AvgIpc) is 2.37. The molecule has 1 rings (SSSR count). The second kappa shape index (κ2) is 7.69. The number of alkyl carbamates (subject to hydrolysis) is 1. The van der Waals surface area contributed by atoms with Gasteiger partial charge in [-0.05, 0) is 48.8 Å². The summed E-state index contributed by atoms with van der Waals surface area (Å²) in [5.41, 5.74) is 5.27. The van der Waals surface area contributed by atoms with Crippen LogP contribution in [-0.4, -0.2) is 33.2 Å². The normalized spacial score (nSPS) is 12.0. The third kappa shape index (κ3) is 6.54. The Morgan fingerprint density at radius 1 is 1.35 bits per heavy atom. The fourth-order valence-electron chi connectivity index (χ4n) is 1.52. The van der Waals surface area contributed by atoms with Crippen LogP contribution in [0.15, 0.2) is 21.5 Å². The number of rotatable bonds is 5. The van der Waals surface area contributed by atoms with Crippen molar-refractivity contribution in [1.29, 1.82) is 0 Å². The van der Waals surface area contributed by atoms with E-state index in [0.29, 0.717) is 0 Å². The van der Waals surface area contributed by atoms with Crippen LogP contribution in [0, 0.1) is 0 Å². The maximum Gasteiger partial charge on any atom is 0.407 e. The molecule has 4 N–H and O–H groups in total. The van der Waals surface area contributed by atoms with Crippen molar-refractivity contribution in [1.82, 2.24) is 10.0 Å². The van der Waals surface area contributed by atoms with Gasteiger partial charge < -0.3 is 15.8 Å². The molecule has 0 unspecified atom stereocenters. The molecule has 0 spiro atoms. The SMILES string of the molecule is CC(C)(C)OC(=O)NCCNS(=O)(=O)c1cc(Cl)cc(N)c1Br. The van der Waals surface area contributed by atoms with Crippen molar-refractivity contribution in [3.63, 3.8) is 0 Å². The molecule has 0 atom stereocenters. The maximum atomic E-state index is 12.2. The molecule has 7 nitrogen and oxygen atoms in total. The topological polar surface area (TPSA) is 111 Å². The molecular formula is C13H19BrClN3O4S. The number of anilines is 1. The number of nitrogens with one attached hydrogen (secondary N) is 2. The summed E-state index contributed by atoms with van der Waals surface area (Å²) < 4.78 is 32.1. The molecule has 0 saturated heterocycles. The van der Waals surface area contributed by atoms with Crippen LogP contribution in [0.5, 0.6) is 0 Å². The third-order valence-corrected chi connectivity index (χ3v) is 5.26. The summed E-state index contributed by atoms with van der Waals surface area (Å²) in [6.07, 6.45) is -0.620. The number of sulfonamides is 1. The molecule has 0 aliphatic carbocycles. The van der Waals surface area contributed by atoms with E-state index in [9.17, 15) is 13.2 Å². The number of amides is 1. The summed E-state index contributed by atoms with van der Waals surface area (Å²) in [5.74, 6) is 0. The van der Waals surface area contributed by atoms with Gasteiger partial charge in [0.05, 0.1) is 9.37 Å². The predicted molar refractivity (Wildman–Crippen MR) is 93.0 cm³/mol. The van der Waals surface area contributed by atoms with Crippen molar-refractivity contribution in [3.8, 4) is 0 Å². The first kappa shape index (κ1) is 20.0. The third-order valence-electron chi connectivity index (χ3n) is 2.41. The van der Waals surface area contributed by atoms with Crippen molar-refractivity contribution in [2.75, 3.05) is 18.8 Å². The van der Waals surface area contributed by atoms with E-state index in [0.717, 1.165) is 0 Å². The predicted octanol–water partition coefficient (Wildman–Crippen LogP) is 2.49. The fraction of sp³-hybridized carbons (Fsp3) is 0.462. The van der Waals surface area contributed by atoms with E-state index in [1.54, 1.807) is 20.8 Å². The molecule has 0 aliphatic heterocycles. The lowest BCUT2D eigenvalue weighted by Gasteiger charge is -2.19. The maximum absolute atomic E-state index is 12.2. The Bertz CT molecular complexity index is 689. The van der Waals surface area contributed by atoms with Crippen LogP contribution in [0.4, 0.5) is 10.5 Å². The Hall–Kier alpha value is -1.03. The summed E-state index contributed by atoms with van der Waals surface area (Å²) in [6.45, 7) is 5.26. The molecule has 0 aliphatic rings. The van der Waals surface area contributed by atoms with E-state index >= 15 is 0 Å². The van der Waals surface area contributed by atoms with Gasteiger partial charge in [-0.1, -0.05) is 11.6 Å². The minimum absolute atomic E-state index is 0.0135. The number of carbonyl (C=O) groups is 1. The highest BCUT2D eigenvalue weighted by atomic mass is 79.9. The van der Waals surface area contributed by atoms with Gasteiger partial charge in [0.25, 0.3) is 0 Å². The lowest BCUT2D eigenvalue weighted by Crippen LogP contribution is -2.37. The van der Waals surface area contributed by atoms with Gasteiger partial charge >= 0.3 is 6.09 Å². The first-order valence-electron chi connectivity index (χ1n) is 6.63. The fourth-order valence-corrected chi connectivity index (χ4v) is 3.84. The van der Waals surface area contributed by atoms with E-state index in [-0.39, 0.29) is 33.2 Å². The molecular weight excluding hydrogens is 410 g/mol.